The molecule has 1 aromatic carbocycles. The van der Waals surface area contributed by atoms with Gasteiger partial charge in [0.2, 0.25) is 0 Å². The Bertz CT molecular complexity index is 509. The van der Waals surface area contributed by atoms with Gasteiger partial charge in [-0.15, -0.1) is 11.8 Å². The standard InChI is InChI=1S/C12H14N2O2S2/c1-16-14-9-6-4-3-5-8(9)10(15)12(14)7-13-11(17-2)18-12/h3-6,10,15H,7H2,1-2H3. The predicted molar refractivity (Wildman–Crippen MR) is 77.0 cm³/mol. The van der Waals surface area contributed by atoms with Crippen molar-refractivity contribution in [1.82, 2.24) is 0 Å². The first kappa shape index (κ1) is 12.3. The summed E-state index contributed by atoms with van der Waals surface area (Å²) in [6.07, 6.45) is 1.41. The quantitative estimate of drug-likeness (QED) is 0.856. The summed E-state index contributed by atoms with van der Waals surface area (Å²) >= 11 is 3.19. The molecule has 0 aromatic heterocycles. The fourth-order valence-corrected chi connectivity index (χ4v) is 4.48. The number of thioether (sulfide) groups is 2. The SMILES string of the molecule is CON1c2ccccc2C(O)C12CN=C(SC)S2. The van der Waals surface area contributed by atoms with Crippen molar-refractivity contribution in [2.24, 2.45) is 4.99 Å². The molecule has 1 spiro atoms. The molecule has 0 saturated carbocycles. The summed E-state index contributed by atoms with van der Waals surface area (Å²) in [6, 6.07) is 7.80. The topological polar surface area (TPSA) is 45.1 Å². The lowest BCUT2D eigenvalue weighted by Gasteiger charge is -2.34. The van der Waals surface area contributed by atoms with Gasteiger partial charge in [0.1, 0.15) is 10.5 Å². The second kappa shape index (κ2) is 4.45. The van der Waals surface area contributed by atoms with Crippen molar-refractivity contribution >= 4 is 33.6 Å². The van der Waals surface area contributed by atoms with E-state index < -0.39 is 11.0 Å². The molecule has 0 aliphatic carbocycles. The monoisotopic (exact) mass is 282 g/mol. The molecule has 6 heteroatoms. The van der Waals surface area contributed by atoms with Gasteiger partial charge in [0.25, 0.3) is 0 Å². The van der Waals surface area contributed by atoms with E-state index in [1.54, 1.807) is 35.7 Å². The Morgan fingerprint density at radius 2 is 2.33 bits per heavy atom. The van der Waals surface area contributed by atoms with Gasteiger partial charge in [-0.2, -0.15) is 0 Å². The minimum absolute atomic E-state index is 0.539. The third kappa shape index (κ3) is 1.53. The summed E-state index contributed by atoms with van der Waals surface area (Å²) < 4.78 is 0.990. The van der Waals surface area contributed by atoms with Crippen LogP contribution in [0.4, 0.5) is 5.69 Å². The zero-order valence-electron chi connectivity index (χ0n) is 10.2. The molecule has 0 bridgehead atoms. The fraction of sp³-hybridized carbons (Fsp3) is 0.417. The largest absolute Gasteiger partial charge is 0.385 e. The third-order valence-corrected chi connectivity index (χ3v) is 5.68. The molecule has 2 unspecified atom stereocenters. The normalized spacial score (nSPS) is 29.8. The summed E-state index contributed by atoms with van der Waals surface area (Å²) in [5.41, 5.74) is 1.84. The van der Waals surface area contributed by atoms with Gasteiger partial charge in [-0.1, -0.05) is 30.0 Å². The lowest BCUT2D eigenvalue weighted by Crippen LogP contribution is -2.46. The number of aliphatic hydroxyl groups excluding tert-OH is 1. The van der Waals surface area contributed by atoms with Crippen LogP contribution in [0.2, 0.25) is 0 Å². The number of hydrogen-bond acceptors (Lipinski definition) is 6. The third-order valence-electron chi connectivity index (χ3n) is 3.28. The number of benzene rings is 1. The maximum absolute atomic E-state index is 10.6. The van der Waals surface area contributed by atoms with E-state index in [4.69, 9.17) is 4.84 Å². The smallest absolute Gasteiger partial charge is 0.168 e. The van der Waals surface area contributed by atoms with Gasteiger partial charge >= 0.3 is 0 Å². The van der Waals surface area contributed by atoms with Gasteiger partial charge in [0.15, 0.2) is 4.87 Å². The molecule has 2 atom stereocenters. The van der Waals surface area contributed by atoms with E-state index in [0.717, 1.165) is 15.6 Å². The lowest BCUT2D eigenvalue weighted by atomic mass is 10.1. The second-order valence-electron chi connectivity index (χ2n) is 4.17. The predicted octanol–water partition coefficient (Wildman–Crippen LogP) is 2.26. The van der Waals surface area contributed by atoms with Gasteiger partial charge in [-0.3, -0.25) is 9.83 Å². The molecule has 2 heterocycles. The second-order valence-corrected chi connectivity index (χ2v) is 6.52. The van der Waals surface area contributed by atoms with E-state index in [9.17, 15) is 5.11 Å². The van der Waals surface area contributed by atoms with Crippen molar-refractivity contribution < 1.29 is 9.94 Å². The van der Waals surface area contributed by atoms with Crippen LogP contribution in [-0.4, -0.2) is 34.3 Å². The lowest BCUT2D eigenvalue weighted by molar-refractivity contribution is 0.0698. The average molecular weight is 282 g/mol. The molecule has 0 fully saturated rings. The molecule has 4 nitrogen and oxygen atoms in total. The summed E-state index contributed by atoms with van der Waals surface area (Å²) in [7, 11) is 1.63. The highest BCUT2D eigenvalue weighted by atomic mass is 32.2. The molecule has 1 aromatic rings. The molecule has 0 saturated heterocycles. The van der Waals surface area contributed by atoms with Crippen LogP contribution in [-0.2, 0) is 4.84 Å². The molecule has 96 valence electrons. The van der Waals surface area contributed by atoms with Crippen LogP contribution in [0.25, 0.3) is 0 Å². The van der Waals surface area contributed by atoms with Gasteiger partial charge < -0.3 is 5.11 Å². The highest BCUT2D eigenvalue weighted by Crippen LogP contribution is 2.55. The van der Waals surface area contributed by atoms with Crippen molar-refractivity contribution in [2.75, 3.05) is 25.0 Å². The molecule has 3 rings (SSSR count). The first-order chi connectivity index (χ1) is 8.73. The maximum Gasteiger partial charge on any atom is 0.168 e. The van der Waals surface area contributed by atoms with E-state index in [0.29, 0.717) is 6.54 Å². The van der Waals surface area contributed by atoms with E-state index in [2.05, 4.69) is 4.99 Å². The van der Waals surface area contributed by atoms with E-state index in [-0.39, 0.29) is 0 Å². The van der Waals surface area contributed by atoms with Crippen LogP contribution >= 0.6 is 23.5 Å². The Balaban J connectivity index is 2.04. The van der Waals surface area contributed by atoms with Crippen molar-refractivity contribution in [3.8, 4) is 0 Å². The van der Waals surface area contributed by atoms with Crippen LogP contribution in [0.15, 0.2) is 29.3 Å². The van der Waals surface area contributed by atoms with Crippen molar-refractivity contribution in [3.63, 3.8) is 0 Å². The fourth-order valence-electron chi connectivity index (χ4n) is 2.46. The summed E-state index contributed by atoms with van der Waals surface area (Å²) in [6.45, 7) is 0.539. The van der Waals surface area contributed by atoms with Crippen molar-refractivity contribution in [3.05, 3.63) is 29.8 Å². The highest BCUT2D eigenvalue weighted by Gasteiger charge is 2.55. The van der Waals surface area contributed by atoms with Crippen LogP contribution in [0.1, 0.15) is 11.7 Å². The molecule has 0 amide bonds. The Morgan fingerprint density at radius 1 is 1.56 bits per heavy atom. The van der Waals surface area contributed by atoms with Gasteiger partial charge in [0.05, 0.1) is 19.3 Å². The van der Waals surface area contributed by atoms with Crippen molar-refractivity contribution in [2.45, 2.75) is 11.0 Å². The molecular formula is C12H14N2O2S2. The number of hydrogen-bond donors (Lipinski definition) is 1. The summed E-state index contributed by atoms with van der Waals surface area (Å²) in [5.74, 6) is 0. The average Bonchev–Trinajstić information content (AvgIpc) is 2.93. The first-order valence-corrected chi connectivity index (χ1v) is 7.66. The molecule has 2 aliphatic rings. The molecular weight excluding hydrogens is 268 g/mol. The Morgan fingerprint density at radius 3 is 3.00 bits per heavy atom. The molecule has 1 N–H and O–H groups in total. The molecule has 18 heavy (non-hydrogen) atoms. The van der Waals surface area contributed by atoms with E-state index in [1.807, 2.05) is 30.5 Å². The number of hydroxylamine groups is 1. The van der Waals surface area contributed by atoms with Crippen LogP contribution in [0, 0.1) is 0 Å². The number of rotatable bonds is 1. The van der Waals surface area contributed by atoms with Crippen LogP contribution in [0.3, 0.4) is 0 Å². The number of aliphatic hydroxyl groups is 1. The van der Waals surface area contributed by atoms with Gasteiger partial charge in [0, 0.05) is 5.56 Å². The zero-order chi connectivity index (χ0) is 12.8. The molecule has 2 aliphatic heterocycles. The minimum atomic E-state index is -0.591. The van der Waals surface area contributed by atoms with Crippen LogP contribution < -0.4 is 5.06 Å². The Kier molecular flexibility index (Phi) is 3.05. The van der Waals surface area contributed by atoms with E-state index in [1.165, 1.54) is 0 Å². The molecule has 0 radical (unpaired) electrons. The van der Waals surface area contributed by atoms with E-state index >= 15 is 0 Å². The highest BCUT2D eigenvalue weighted by molar-refractivity contribution is 8.39. The number of fused-ring (bicyclic) bond motifs is 1. The van der Waals surface area contributed by atoms with Gasteiger partial charge in [-0.25, -0.2) is 5.06 Å². The number of para-hydroxylation sites is 1. The maximum atomic E-state index is 10.6. The van der Waals surface area contributed by atoms with Crippen molar-refractivity contribution in [1.29, 1.82) is 0 Å². The zero-order valence-corrected chi connectivity index (χ0v) is 11.8. The summed E-state index contributed by atoms with van der Waals surface area (Å²) in [4.78, 5) is 9.45. The Labute approximate surface area is 114 Å². The number of nitrogens with zero attached hydrogens (tertiary/aromatic N) is 2. The van der Waals surface area contributed by atoms with Crippen LogP contribution in [0.5, 0.6) is 0 Å². The number of aliphatic imine (C=N–C) groups is 1. The first-order valence-electron chi connectivity index (χ1n) is 5.61. The Hall–Kier alpha value is -0.690. The van der Waals surface area contributed by atoms with Gasteiger partial charge in [-0.05, 0) is 12.3 Å². The minimum Gasteiger partial charge on any atom is -0.385 e. The summed E-state index contributed by atoms with van der Waals surface area (Å²) in [5, 5.41) is 12.4. The number of anilines is 1.